The quantitative estimate of drug-likeness (QED) is 0.279. The number of nitrogens with one attached hydrogen (secondary N) is 2. The number of phosphoric acid groups is 1. The summed E-state index contributed by atoms with van der Waals surface area (Å²) in [6.07, 6.45) is 0. The number of anilines is 3. The molecule has 3 fully saturated rings. The number of nitrogens with zero attached hydrogens (tertiary/aromatic N) is 5. The van der Waals surface area contributed by atoms with Crippen LogP contribution in [0.3, 0.4) is 0 Å². The molecule has 17 heavy (non-hydrogen) atoms. The van der Waals surface area contributed by atoms with Crippen LogP contribution in [0, 0.1) is 0 Å². The van der Waals surface area contributed by atoms with Crippen molar-refractivity contribution in [1.29, 1.82) is 0 Å². The molecule has 13 nitrogen and oxygen atoms in total. The first-order valence-corrected chi connectivity index (χ1v) is 5.59. The van der Waals surface area contributed by atoms with Crippen molar-refractivity contribution in [2.75, 3.05) is 16.0 Å². The fraction of sp³-hybridized carbons (Fsp3) is 0. The van der Waals surface area contributed by atoms with Crippen LogP contribution in [0.25, 0.3) is 0 Å². The van der Waals surface area contributed by atoms with E-state index in [-0.39, 0.29) is 17.3 Å². The fourth-order valence-electron chi connectivity index (χ4n) is 1.20. The lowest BCUT2D eigenvalue weighted by Gasteiger charge is -2.21. The first kappa shape index (κ1) is 10.5. The summed E-state index contributed by atoms with van der Waals surface area (Å²) >= 11 is 0. The largest absolute Gasteiger partial charge is 0.538 e. The van der Waals surface area contributed by atoms with Gasteiger partial charge in [0.05, 0.1) is 5.34 Å². The van der Waals surface area contributed by atoms with Crippen molar-refractivity contribution in [3.05, 3.63) is 0 Å². The molecule has 14 heteroatoms. The van der Waals surface area contributed by atoms with Gasteiger partial charge in [-0.05, 0) is 5.21 Å². The van der Waals surface area contributed by atoms with E-state index in [4.69, 9.17) is 16.3 Å². The predicted octanol–water partition coefficient (Wildman–Crippen LogP) is -1.60. The maximum Gasteiger partial charge on any atom is 0.538 e. The first-order valence-electron chi connectivity index (χ1n) is 4.13. The molecule has 2 bridgehead atoms. The number of hydrogen-bond acceptors (Lipinski definition) is 13. The highest BCUT2D eigenvalue weighted by Gasteiger charge is 2.61. The van der Waals surface area contributed by atoms with E-state index >= 15 is 0 Å². The molecule has 0 unspecified atom stereocenters. The smallest absolute Gasteiger partial charge is 0.318 e. The molecule has 0 saturated carbocycles. The Balaban J connectivity index is 2.01. The van der Waals surface area contributed by atoms with Gasteiger partial charge in [-0.3, -0.25) is 5.84 Å². The molecule has 0 amide bonds. The molecule has 1 aromatic heterocycles. The van der Waals surface area contributed by atoms with Crippen LogP contribution in [0.1, 0.15) is 0 Å². The summed E-state index contributed by atoms with van der Waals surface area (Å²) in [4.78, 5) is 0. The Bertz CT molecular complexity index is 499. The van der Waals surface area contributed by atoms with Gasteiger partial charge in [0.2, 0.25) is 5.82 Å². The molecule has 0 spiro atoms. The Morgan fingerprint density at radius 2 is 1.94 bits per heavy atom. The zero-order chi connectivity index (χ0) is 12.0. The molecule has 0 atom stereocenters. The summed E-state index contributed by atoms with van der Waals surface area (Å²) in [5, 5.41) is 12.2. The number of hydrazine groups is 3. The minimum absolute atomic E-state index is 0.00525. The lowest BCUT2D eigenvalue weighted by Crippen LogP contribution is -2.36. The van der Waals surface area contributed by atoms with Gasteiger partial charge in [-0.1, -0.05) is 5.17 Å². The Kier molecular flexibility index (Phi) is 2.14. The molecule has 4 rings (SSSR count). The summed E-state index contributed by atoms with van der Waals surface area (Å²) in [5.74, 6) is 10.6. The second-order valence-electron chi connectivity index (χ2n) is 2.83. The zero-order valence-electron chi connectivity index (χ0n) is 7.97. The maximum absolute atomic E-state index is 11.3. The summed E-state index contributed by atoms with van der Waals surface area (Å²) in [6, 6.07) is 0. The summed E-state index contributed by atoms with van der Waals surface area (Å²) < 4.78 is 25.4. The van der Waals surface area contributed by atoms with Gasteiger partial charge in [0.25, 0.3) is 0 Å². The number of nitrogens with two attached hydrogens (primary N) is 2. The lowest BCUT2D eigenvalue weighted by molar-refractivity contribution is -0.319. The highest BCUT2D eigenvalue weighted by atomic mass is 31.2. The molecule has 3 aliphatic rings. The van der Waals surface area contributed by atoms with Gasteiger partial charge in [-0.2, -0.15) is 0 Å². The van der Waals surface area contributed by atoms with Crippen LogP contribution < -0.4 is 27.7 Å². The van der Waals surface area contributed by atoms with E-state index in [2.05, 4.69) is 35.5 Å². The van der Waals surface area contributed by atoms with Crippen molar-refractivity contribution < 1.29 is 18.4 Å². The molecule has 3 aliphatic heterocycles. The van der Waals surface area contributed by atoms with Gasteiger partial charge >= 0.3 is 7.82 Å². The minimum Gasteiger partial charge on any atom is -0.318 e. The second kappa shape index (κ2) is 3.44. The molecule has 6 N–H and O–H groups in total. The van der Waals surface area contributed by atoms with Crippen molar-refractivity contribution in [2.45, 2.75) is 0 Å². The molecule has 3 saturated heterocycles. The third kappa shape index (κ3) is 1.43. The van der Waals surface area contributed by atoms with Crippen LogP contribution in [-0.4, -0.2) is 20.7 Å². The molecule has 0 aromatic carbocycles. The second-order valence-corrected chi connectivity index (χ2v) is 4.21. The number of fused-ring (bicyclic) bond motifs is 1. The Morgan fingerprint density at radius 3 is 2.47 bits per heavy atom. The van der Waals surface area contributed by atoms with Crippen LogP contribution in [0.5, 0.6) is 0 Å². The van der Waals surface area contributed by atoms with Crippen molar-refractivity contribution in [3.8, 4) is 0 Å². The van der Waals surface area contributed by atoms with Gasteiger partial charge in [0.1, 0.15) is 5.69 Å². The van der Waals surface area contributed by atoms with Gasteiger partial charge in [0.15, 0.2) is 5.82 Å². The van der Waals surface area contributed by atoms with E-state index in [1.54, 1.807) is 0 Å². The maximum atomic E-state index is 11.3. The van der Waals surface area contributed by atoms with Crippen LogP contribution in [-0.2, 0) is 18.4 Å². The van der Waals surface area contributed by atoms with Crippen LogP contribution in [0.4, 0.5) is 17.3 Å². The molecule has 4 heterocycles. The topological polar surface area (TPSA) is 166 Å². The van der Waals surface area contributed by atoms with Crippen molar-refractivity contribution in [3.63, 3.8) is 0 Å². The molecule has 0 aliphatic carbocycles. The van der Waals surface area contributed by atoms with Gasteiger partial charge in [-0.25, -0.2) is 10.4 Å². The van der Waals surface area contributed by atoms with Crippen molar-refractivity contribution in [2.24, 2.45) is 11.7 Å². The van der Waals surface area contributed by atoms with Crippen LogP contribution in [0.15, 0.2) is 0 Å². The normalized spacial score (nSPS) is 30.0. The van der Waals surface area contributed by atoms with Crippen molar-refractivity contribution >= 4 is 25.1 Å². The SMILES string of the molecule is NNc1nnnc(N2OP3(=O)ON2O3)c1NN. The fourth-order valence-corrected chi connectivity index (χ4v) is 2.07. The number of nitrogen functional groups attached to an aromatic ring is 2. The summed E-state index contributed by atoms with van der Waals surface area (Å²) in [6.45, 7) is 0. The minimum atomic E-state index is -3.53. The van der Waals surface area contributed by atoms with E-state index in [0.717, 1.165) is 5.17 Å². The lowest BCUT2D eigenvalue weighted by atomic mass is 10.4. The standard InChI is InChI=1S/C3H6N9O4P/c4-6-1-2(7-5)8-10-9-3(1)11-12-15-17(13,14-11)16-12/h4-5H2,(H,6,10)(H,7,8,9). The first-order chi connectivity index (χ1) is 8.17. The van der Waals surface area contributed by atoms with Gasteiger partial charge < -0.3 is 10.9 Å². The number of rotatable bonds is 3. The summed E-state index contributed by atoms with van der Waals surface area (Å²) in [7, 11) is -3.53. The average molecular weight is 263 g/mol. The monoisotopic (exact) mass is 263 g/mol. The average Bonchev–Trinajstić information content (AvgIpc) is 2.80. The third-order valence-corrected chi connectivity index (χ3v) is 2.91. The zero-order valence-corrected chi connectivity index (χ0v) is 8.87. The van der Waals surface area contributed by atoms with Gasteiger partial charge in [-0.15, -0.1) is 24.1 Å². The van der Waals surface area contributed by atoms with E-state index in [1.807, 2.05) is 0 Å². The highest BCUT2D eigenvalue weighted by Crippen LogP contribution is 2.67. The van der Waals surface area contributed by atoms with E-state index < -0.39 is 7.82 Å². The van der Waals surface area contributed by atoms with E-state index in [9.17, 15) is 4.57 Å². The number of aromatic nitrogens is 3. The van der Waals surface area contributed by atoms with Crippen LogP contribution in [0.2, 0.25) is 0 Å². The Morgan fingerprint density at radius 1 is 1.18 bits per heavy atom. The Labute approximate surface area is 93.0 Å². The molecule has 92 valence electrons. The van der Waals surface area contributed by atoms with Crippen molar-refractivity contribution in [1.82, 2.24) is 20.7 Å². The molecule has 1 aromatic rings. The molecule has 0 radical (unpaired) electrons. The number of hydrogen-bond donors (Lipinski definition) is 4. The highest BCUT2D eigenvalue weighted by molar-refractivity contribution is 7.49. The molecular formula is C3H6N9O4P. The van der Waals surface area contributed by atoms with Crippen LogP contribution >= 0.6 is 7.82 Å². The molecular weight excluding hydrogens is 257 g/mol. The Hall–Kier alpha value is -1.60. The van der Waals surface area contributed by atoms with E-state index in [0.29, 0.717) is 5.34 Å². The summed E-state index contributed by atoms with van der Waals surface area (Å²) in [5.41, 5.74) is 4.68. The van der Waals surface area contributed by atoms with E-state index in [1.165, 1.54) is 0 Å². The predicted molar refractivity (Wildman–Crippen MR) is 50.6 cm³/mol. The third-order valence-electron chi connectivity index (χ3n) is 1.87. The van der Waals surface area contributed by atoms with Gasteiger partial charge in [0, 0.05) is 0 Å².